The predicted octanol–water partition coefficient (Wildman–Crippen LogP) is 1.60. The van der Waals surface area contributed by atoms with Crippen LogP contribution in [0.1, 0.15) is 30.9 Å². The number of hydrogen-bond donors (Lipinski definition) is 2. The second-order valence-electron chi connectivity index (χ2n) is 5.25. The maximum atomic E-state index is 13.5. The summed E-state index contributed by atoms with van der Waals surface area (Å²) >= 11 is 0. The lowest BCUT2D eigenvalue weighted by Gasteiger charge is -2.27. The first-order valence-corrected chi connectivity index (χ1v) is 7.19. The van der Waals surface area contributed by atoms with Crippen LogP contribution in [0.25, 0.3) is 0 Å². The number of hydrogen-bond acceptors (Lipinski definition) is 3. The van der Waals surface area contributed by atoms with Crippen molar-refractivity contribution in [2.45, 2.75) is 25.4 Å². The molecule has 0 saturated carbocycles. The molecule has 6 heteroatoms. The lowest BCUT2D eigenvalue weighted by molar-refractivity contribution is -0.131. The molecule has 21 heavy (non-hydrogen) atoms. The first kappa shape index (κ1) is 15.9. The van der Waals surface area contributed by atoms with E-state index in [0.29, 0.717) is 0 Å². The summed E-state index contributed by atoms with van der Waals surface area (Å²) in [4.78, 5) is 13.7. The van der Waals surface area contributed by atoms with E-state index >= 15 is 0 Å². The molecule has 2 N–H and O–H groups in total. The largest absolute Gasteiger partial charge is 0.387 e. The zero-order valence-corrected chi connectivity index (χ0v) is 11.8. The average molecular weight is 298 g/mol. The fourth-order valence-corrected chi connectivity index (χ4v) is 2.45. The van der Waals surface area contributed by atoms with Crippen molar-refractivity contribution < 1.29 is 18.7 Å². The van der Waals surface area contributed by atoms with Gasteiger partial charge in [0.2, 0.25) is 5.91 Å². The van der Waals surface area contributed by atoms with E-state index in [1.54, 1.807) is 4.90 Å². The van der Waals surface area contributed by atoms with Crippen LogP contribution >= 0.6 is 0 Å². The predicted molar refractivity (Wildman–Crippen MR) is 74.6 cm³/mol. The molecule has 1 aromatic carbocycles. The molecule has 1 aliphatic rings. The number of carbonyl (C=O) groups excluding carboxylic acids is 1. The van der Waals surface area contributed by atoms with Crippen molar-refractivity contribution in [1.29, 1.82) is 0 Å². The highest BCUT2D eigenvalue weighted by Crippen LogP contribution is 2.17. The van der Waals surface area contributed by atoms with Gasteiger partial charge in [-0.1, -0.05) is 6.07 Å². The highest BCUT2D eigenvalue weighted by Gasteiger charge is 2.17. The number of likely N-dealkylation sites (tertiary alicyclic amines) is 1. The van der Waals surface area contributed by atoms with Crippen LogP contribution in [0.15, 0.2) is 18.2 Å². The van der Waals surface area contributed by atoms with Crippen LogP contribution in [0.3, 0.4) is 0 Å². The van der Waals surface area contributed by atoms with E-state index in [1.165, 1.54) is 6.07 Å². The highest BCUT2D eigenvalue weighted by atomic mass is 19.1. The minimum Gasteiger partial charge on any atom is -0.387 e. The van der Waals surface area contributed by atoms with Gasteiger partial charge < -0.3 is 15.3 Å². The van der Waals surface area contributed by atoms with E-state index in [-0.39, 0.29) is 24.6 Å². The van der Waals surface area contributed by atoms with Gasteiger partial charge in [-0.2, -0.15) is 0 Å². The number of piperidine rings is 1. The number of nitrogens with zero attached hydrogens (tertiary/aromatic N) is 1. The minimum absolute atomic E-state index is 0.0125. The molecule has 116 valence electrons. The molecule has 1 fully saturated rings. The Morgan fingerprint density at radius 1 is 1.29 bits per heavy atom. The normalized spacial score (nSPS) is 16.8. The number of rotatable bonds is 5. The molecule has 2 rings (SSSR count). The van der Waals surface area contributed by atoms with Crippen LogP contribution in [-0.4, -0.2) is 42.1 Å². The Morgan fingerprint density at radius 2 is 2.00 bits per heavy atom. The van der Waals surface area contributed by atoms with E-state index in [4.69, 9.17) is 0 Å². The molecule has 0 bridgehead atoms. The van der Waals surface area contributed by atoms with Crippen molar-refractivity contribution in [3.63, 3.8) is 0 Å². The van der Waals surface area contributed by atoms with Gasteiger partial charge in [0, 0.05) is 31.3 Å². The fourth-order valence-electron chi connectivity index (χ4n) is 2.45. The summed E-state index contributed by atoms with van der Waals surface area (Å²) in [5.74, 6) is -1.48. The number of nitrogens with one attached hydrogen (secondary N) is 1. The third-order valence-corrected chi connectivity index (χ3v) is 3.64. The van der Waals surface area contributed by atoms with Crippen molar-refractivity contribution >= 4 is 5.91 Å². The Morgan fingerprint density at radius 3 is 2.67 bits per heavy atom. The molecule has 1 amide bonds. The monoisotopic (exact) mass is 298 g/mol. The molecule has 1 heterocycles. The summed E-state index contributed by atoms with van der Waals surface area (Å²) in [6.07, 6.45) is 2.09. The van der Waals surface area contributed by atoms with E-state index < -0.39 is 17.7 Å². The molecule has 1 aliphatic heterocycles. The van der Waals surface area contributed by atoms with Crippen molar-refractivity contribution in [3.05, 3.63) is 35.4 Å². The Bertz CT molecular complexity index is 491. The quantitative estimate of drug-likeness (QED) is 0.868. The topological polar surface area (TPSA) is 52.6 Å². The number of halogens is 2. The van der Waals surface area contributed by atoms with Gasteiger partial charge in [0.15, 0.2) is 0 Å². The number of carbonyl (C=O) groups is 1. The third-order valence-electron chi connectivity index (χ3n) is 3.64. The van der Waals surface area contributed by atoms with E-state index in [0.717, 1.165) is 44.5 Å². The smallest absolute Gasteiger partial charge is 0.236 e. The first-order chi connectivity index (χ1) is 10.1. The summed E-state index contributed by atoms with van der Waals surface area (Å²) in [7, 11) is 0. The lowest BCUT2D eigenvalue weighted by Crippen LogP contribution is -2.41. The van der Waals surface area contributed by atoms with Gasteiger partial charge in [0.1, 0.15) is 11.6 Å². The van der Waals surface area contributed by atoms with Crippen LogP contribution in [0.4, 0.5) is 8.78 Å². The van der Waals surface area contributed by atoms with Gasteiger partial charge in [-0.15, -0.1) is 0 Å². The molecule has 0 radical (unpaired) electrons. The highest BCUT2D eigenvalue weighted by molar-refractivity contribution is 5.78. The van der Waals surface area contributed by atoms with E-state index in [2.05, 4.69) is 5.32 Å². The Hall–Kier alpha value is -1.53. The molecule has 0 aliphatic carbocycles. The molecule has 1 aromatic rings. The van der Waals surface area contributed by atoms with Gasteiger partial charge in [-0.25, -0.2) is 8.78 Å². The zero-order chi connectivity index (χ0) is 15.2. The summed E-state index contributed by atoms with van der Waals surface area (Å²) in [6.45, 7) is 1.70. The lowest BCUT2D eigenvalue weighted by atomic mass is 10.1. The molecule has 1 saturated heterocycles. The first-order valence-electron chi connectivity index (χ1n) is 7.19. The molecule has 1 unspecified atom stereocenters. The molecule has 0 aromatic heterocycles. The number of amides is 1. The summed E-state index contributed by atoms with van der Waals surface area (Å²) < 4.78 is 26.3. The standard InChI is InChI=1S/C15H20F2N2O2/c16-11-4-5-12(13(17)8-11)14(20)9-18-10-15(21)19-6-2-1-3-7-19/h4-5,8,14,18,20H,1-3,6-7,9-10H2. The average Bonchev–Trinajstić information content (AvgIpc) is 2.47. The second-order valence-corrected chi connectivity index (χ2v) is 5.25. The Kier molecular flexibility index (Phi) is 5.64. The fraction of sp³-hybridized carbons (Fsp3) is 0.533. The number of aliphatic hydroxyl groups is 1. The van der Waals surface area contributed by atoms with Crippen molar-refractivity contribution in [2.75, 3.05) is 26.2 Å². The maximum absolute atomic E-state index is 13.5. The maximum Gasteiger partial charge on any atom is 0.236 e. The van der Waals surface area contributed by atoms with Gasteiger partial charge >= 0.3 is 0 Å². The van der Waals surface area contributed by atoms with Gasteiger partial charge in [0.05, 0.1) is 12.6 Å². The number of aliphatic hydroxyl groups excluding tert-OH is 1. The van der Waals surface area contributed by atoms with Crippen LogP contribution in [0.2, 0.25) is 0 Å². The molecular weight excluding hydrogens is 278 g/mol. The van der Waals surface area contributed by atoms with Gasteiger partial charge in [0.25, 0.3) is 0 Å². The molecule has 4 nitrogen and oxygen atoms in total. The molecule has 1 atom stereocenters. The Balaban J connectivity index is 1.78. The zero-order valence-electron chi connectivity index (χ0n) is 11.8. The third kappa shape index (κ3) is 4.47. The summed E-state index contributed by atoms with van der Waals surface area (Å²) in [6, 6.07) is 3.04. The van der Waals surface area contributed by atoms with Gasteiger partial charge in [-0.05, 0) is 25.3 Å². The summed E-state index contributed by atoms with van der Waals surface area (Å²) in [5.41, 5.74) is 0.0225. The molecular formula is C15H20F2N2O2. The summed E-state index contributed by atoms with van der Waals surface area (Å²) in [5, 5.41) is 12.7. The van der Waals surface area contributed by atoms with E-state index in [9.17, 15) is 18.7 Å². The SMILES string of the molecule is O=C(CNCC(O)c1ccc(F)cc1F)N1CCCCC1. The van der Waals surface area contributed by atoms with Crippen LogP contribution in [-0.2, 0) is 4.79 Å². The van der Waals surface area contributed by atoms with E-state index in [1.807, 2.05) is 0 Å². The Labute approximate surface area is 122 Å². The van der Waals surface area contributed by atoms with Crippen LogP contribution in [0.5, 0.6) is 0 Å². The molecule has 0 spiro atoms. The second kappa shape index (κ2) is 7.47. The van der Waals surface area contributed by atoms with Crippen molar-refractivity contribution in [1.82, 2.24) is 10.2 Å². The van der Waals surface area contributed by atoms with Gasteiger partial charge in [-0.3, -0.25) is 4.79 Å². The van der Waals surface area contributed by atoms with Crippen LogP contribution < -0.4 is 5.32 Å². The number of benzene rings is 1. The van der Waals surface area contributed by atoms with Crippen molar-refractivity contribution in [2.24, 2.45) is 0 Å². The minimum atomic E-state index is -1.11. The van der Waals surface area contributed by atoms with Crippen molar-refractivity contribution in [3.8, 4) is 0 Å². The van der Waals surface area contributed by atoms with Crippen LogP contribution in [0, 0.1) is 11.6 Å².